The van der Waals surface area contributed by atoms with Crippen LogP contribution >= 0.6 is 11.6 Å². The van der Waals surface area contributed by atoms with Gasteiger partial charge in [0.15, 0.2) is 10.8 Å². The van der Waals surface area contributed by atoms with Gasteiger partial charge in [0.05, 0.1) is 6.33 Å². The van der Waals surface area contributed by atoms with Gasteiger partial charge in [-0.15, -0.1) is 0 Å². The molecule has 1 aromatic carbocycles. The van der Waals surface area contributed by atoms with Crippen LogP contribution in [0.3, 0.4) is 0 Å². The van der Waals surface area contributed by atoms with E-state index in [0.29, 0.717) is 16.7 Å². The first-order valence-corrected chi connectivity index (χ1v) is 7.66. The summed E-state index contributed by atoms with van der Waals surface area (Å²) < 4.78 is 1.73. The Balaban J connectivity index is 1.70. The van der Waals surface area contributed by atoms with E-state index >= 15 is 0 Å². The Bertz CT molecular complexity index is 894. The molecule has 0 bridgehead atoms. The normalized spacial score (nSPS) is 12.1. The molecule has 1 atom stereocenters. The number of fused-ring (bicyclic) bond motifs is 1. The van der Waals surface area contributed by atoms with Gasteiger partial charge in [0, 0.05) is 18.0 Å². The maximum absolute atomic E-state index is 12.1. The maximum Gasteiger partial charge on any atom is 0.257 e. The summed E-state index contributed by atoms with van der Waals surface area (Å²) in [6.07, 6.45) is 3.00. The number of carbonyl (C=O) groups excluding carboxylic acids is 2. The minimum Gasteiger partial charge on any atom is -0.312 e. The van der Waals surface area contributed by atoms with Gasteiger partial charge in [-0.05, 0) is 19.1 Å². The molecule has 3 aromatic rings. The number of halogens is 1. The number of imidazole rings is 1. The molecule has 2 heterocycles. The van der Waals surface area contributed by atoms with Crippen molar-refractivity contribution in [2.75, 3.05) is 0 Å². The smallest absolute Gasteiger partial charge is 0.257 e. The largest absolute Gasteiger partial charge is 0.312 e. The lowest BCUT2D eigenvalue weighted by atomic mass is 10.2. The van der Waals surface area contributed by atoms with Gasteiger partial charge >= 0.3 is 0 Å². The van der Waals surface area contributed by atoms with Gasteiger partial charge in [-0.1, -0.05) is 29.8 Å². The number of amides is 2. The van der Waals surface area contributed by atoms with Crippen LogP contribution < -0.4 is 5.32 Å². The zero-order valence-corrected chi connectivity index (χ0v) is 13.6. The number of aromatic nitrogens is 4. The Hall–Kier alpha value is -2.80. The average molecular weight is 344 g/mol. The van der Waals surface area contributed by atoms with Gasteiger partial charge in [0.1, 0.15) is 11.8 Å². The van der Waals surface area contributed by atoms with E-state index in [4.69, 9.17) is 11.6 Å². The number of hydrogen-bond donors (Lipinski definition) is 1. The third kappa shape index (κ3) is 3.26. The molecule has 2 amide bonds. The molecular formula is C16H14ClN5O2. The summed E-state index contributed by atoms with van der Waals surface area (Å²) in [7, 11) is 0. The van der Waals surface area contributed by atoms with Crippen LogP contribution in [-0.4, -0.2) is 31.3 Å². The van der Waals surface area contributed by atoms with E-state index in [1.165, 1.54) is 6.33 Å². The quantitative estimate of drug-likeness (QED) is 0.734. The fourth-order valence-corrected chi connectivity index (χ4v) is 2.53. The van der Waals surface area contributed by atoms with Gasteiger partial charge < -0.3 is 4.57 Å². The van der Waals surface area contributed by atoms with Crippen LogP contribution in [0.5, 0.6) is 0 Å². The van der Waals surface area contributed by atoms with Crippen molar-refractivity contribution in [2.45, 2.75) is 19.4 Å². The van der Waals surface area contributed by atoms with E-state index in [-0.39, 0.29) is 23.5 Å². The highest BCUT2D eigenvalue weighted by molar-refractivity contribution is 6.33. The second-order valence-corrected chi connectivity index (χ2v) is 5.64. The summed E-state index contributed by atoms with van der Waals surface area (Å²) in [5.74, 6) is -0.799. The number of benzene rings is 1. The summed E-state index contributed by atoms with van der Waals surface area (Å²) in [5.41, 5.74) is 1.46. The number of nitrogens with zero attached hydrogens (tertiary/aromatic N) is 4. The molecule has 3 rings (SSSR count). The van der Waals surface area contributed by atoms with Crippen LogP contribution in [0.15, 0.2) is 43.0 Å². The Morgan fingerprint density at radius 1 is 1.21 bits per heavy atom. The third-order valence-corrected chi connectivity index (χ3v) is 3.84. The first-order chi connectivity index (χ1) is 11.6. The van der Waals surface area contributed by atoms with E-state index in [1.807, 2.05) is 6.92 Å². The molecule has 0 radical (unpaired) electrons. The zero-order valence-electron chi connectivity index (χ0n) is 12.8. The molecular weight excluding hydrogens is 330 g/mol. The Morgan fingerprint density at radius 2 is 1.96 bits per heavy atom. The average Bonchev–Trinajstić information content (AvgIpc) is 3.01. The number of rotatable bonds is 4. The predicted molar refractivity (Wildman–Crippen MR) is 88.6 cm³/mol. The number of hydrogen-bond acceptors (Lipinski definition) is 5. The van der Waals surface area contributed by atoms with E-state index < -0.39 is 5.91 Å². The van der Waals surface area contributed by atoms with Crippen molar-refractivity contribution in [2.24, 2.45) is 0 Å². The highest BCUT2D eigenvalue weighted by Gasteiger charge is 2.17. The zero-order chi connectivity index (χ0) is 17.1. The number of carbonyl (C=O) groups is 2. The molecule has 24 heavy (non-hydrogen) atoms. The first kappa shape index (κ1) is 16.1. The molecule has 7 nitrogen and oxygen atoms in total. The lowest BCUT2D eigenvalue weighted by molar-refractivity contribution is -0.120. The Kier molecular flexibility index (Phi) is 4.52. The second-order valence-electron chi connectivity index (χ2n) is 5.29. The number of imide groups is 1. The van der Waals surface area contributed by atoms with Crippen LogP contribution in [0.1, 0.15) is 29.7 Å². The summed E-state index contributed by atoms with van der Waals surface area (Å²) in [5, 5.41) is 2.64. The monoisotopic (exact) mass is 343 g/mol. The lowest BCUT2D eigenvalue weighted by Gasteiger charge is -2.13. The number of nitrogens with one attached hydrogen (secondary N) is 1. The first-order valence-electron chi connectivity index (χ1n) is 7.28. The van der Waals surface area contributed by atoms with Crippen LogP contribution in [0.2, 0.25) is 5.15 Å². The fourth-order valence-electron chi connectivity index (χ4n) is 2.35. The van der Waals surface area contributed by atoms with Crippen molar-refractivity contribution in [1.82, 2.24) is 24.8 Å². The molecule has 0 aliphatic carbocycles. The second kappa shape index (κ2) is 6.76. The predicted octanol–water partition coefficient (Wildman–Crippen LogP) is 2.39. The fraction of sp³-hybridized carbons (Fsp3) is 0.188. The van der Waals surface area contributed by atoms with Gasteiger partial charge in [-0.2, -0.15) is 0 Å². The highest BCUT2D eigenvalue weighted by Crippen LogP contribution is 2.21. The maximum atomic E-state index is 12.1. The molecule has 0 aliphatic heterocycles. The van der Waals surface area contributed by atoms with Crippen molar-refractivity contribution in [1.29, 1.82) is 0 Å². The van der Waals surface area contributed by atoms with Crippen LogP contribution in [0.25, 0.3) is 11.2 Å². The third-order valence-electron chi connectivity index (χ3n) is 3.56. The minimum absolute atomic E-state index is 0.103. The van der Waals surface area contributed by atoms with Gasteiger partial charge in [0.2, 0.25) is 5.91 Å². The van der Waals surface area contributed by atoms with Crippen molar-refractivity contribution in [3.63, 3.8) is 0 Å². The molecule has 122 valence electrons. The standard InChI is InChI=1S/C16H14ClN5O2/c1-10(22-9-20-13-14(17)18-8-19-15(13)22)7-12(23)21-16(24)11-5-3-2-4-6-11/h2-6,8-10H,7H2,1H3,(H,21,23,24). The molecule has 0 saturated carbocycles. The molecule has 0 spiro atoms. The van der Waals surface area contributed by atoms with Crippen molar-refractivity contribution in [3.8, 4) is 0 Å². The van der Waals surface area contributed by atoms with Crippen LogP contribution in [0.4, 0.5) is 0 Å². The van der Waals surface area contributed by atoms with Gasteiger partial charge in [0.25, 0.3) is 5.91 Å². The Morgan fingerprint density at radius 3 is 2.71 bits per heavy atom. The van der Waals surface area contributed by atoms with Gasteiger partial charge in [-0.3, -0.25) is 14.9 Å². The summed E-state index contributed by atoms with van der Waals surface area (Å²) in [6.45, 7) is 1.84. The molecule has 0 fully saturated rings. The molecule has 1 unspecified atom stereocenters. The molecule has 0 saturated heterocycles. The van der Waals surface area contributed by atoms with Crippen LogP contribution in [-0.2, 0) is 4.79 Å². The van der Waals surface area contributed by atoms with E-state index in [9.17, 15) is 9.59 Å². The van der Waals surface area contributed by atoms with Crippen molar-refractivity contribution in [3.05, 3.63) is 53.7 Å². The van der Waals surface area contributed by atoms with Crippen LogP contribution in [0, 0.1) is 0 Å². The highest BCUT2D eigenvalue weighted by atomic mass is 35.5. The van der Waals surface area contributed by atoms with E-state index in [1.54, 1.807) is 41.2 Å². The van der Waals surface area contributed by atoms with E-state index in [0.717, 1.165) is 0 Å². The SMILES string of the molecule is CC(CC(=O)NC(=O)c1ccccc1)n1cnc2c(Cl)ncnc21. The molecule has 0 aliphatic rings. The molecule has 2 aromatic heterocycles. The molecule has 8 heteroatoms. The van der Waals surface area contributed by atoms with Gasteiger partial charge in [-0.25, -0.2) is 15.0 Å². The molecule has 1 N–H and O–H groups in total. The minimum atomic E-state index is -0.423. The lowest BCUT2D eigenvalue weighted by Crippen LogP contribution is -2.31. The Labute approximate surface area is 142 Å². The van der Waals surface area contributed by atoms with E-state index in [2.05, 4.69) is 20.3 Å². The van der Waals surface area contributed by atoms with Crippen molar-refractivity contribution >= 4 is 34.6 Å². The summed E-state index contributed by atoms with van der Waals surface area (Å²) in [4.78, 5) is 36.3. The van der Waals surface area contributed by atoms with Crippen molar-refractivity contribution < 1.29 is 9.59 Å². The summed E-state index contributed by atoms with van der Waals surface area (Å²) >= 11 is 5.97. The topological polar surface area (TPSA) is 89.8 Å². The summed E-state index contributed by atoms with van der Waals surface area (Å²) in [6, 6.07) is 8.33.